The molecule has 1 aliphatic heterocycles. The summed E-state index contributed by atoms with van der Waals surface area (Å²) in [7, 11) is 0. The molecule has 0 saturated heterocycles. The van der Waals surface area contributed by atoms with Crippen molar-refractivity contribution in [3.05, 3.63) is 29.5 Å². The van der Waals surface area contributed by atoms with Gasteiger partial charge in [-0.05, 0) is 25.0 Å². The van der Waals surface area contributed by atoms with E-state index in [4.69, 9.17) is 0 Å². The van der Waals surface area contributed by atoms with Crippen molar-refractivity contribution in [1.29, 1.82) is 0 Å². The minimum absolute atomic E-state index is 1.04. The molecule has 1 N–H and O–H groups in total. The average molecular weight is 217 g/mol. The van der Waals surface area contributed by atoms with Crippen LogP contribution in [0.3, 0.4) is 0 Å². The summed E-state index contributed by atoms with van der Waals surface area (Å²) in [5, 5.41) is 3.36. The standard InChI is InChI=1S/C11H11N3S/c1-2-9-8(13-5-1)3-4-10(14-9)11-6-12-7-15-11/h3-4,6-7,13H,1-2,5H2. The fraction of sp³-hybridized carbons (Fsp3) is 0.273. The van der Waals surface area contributed by atoms with Gasteiger partial charge in [0.1, 0.15) is 0 Å². The first-order valence-corrected chi connectivity index (χ1v) is 5.94. The smallest absolute Gasteiger partial charge is 0.0822 e. The Hall–Kier alpha value is -1.42. The minimum Gasteiger partial charge on any atom is -0.384 e. The molecule has 3 rings (SSSR count). The van der Waals surface area contributed by atoms with Gasteiger partial charge in [-0.1, -0.05) is 0 Å². The number of hydrogen-bond donors (Lipinski definition) is 1. The predicted octanol–water partition coefficient (Wildman–Crippen LogP) is 2.56. The largest absolute Gasteiger partial charge is 0.384 e. The van der Waals surface area contributed by atoms with Crippen molar-refractivity contribution >= 4 is 17.0 Å². The molecule has 4 heteroatoms. The number of aromatic nitrogens is 2. The van der Waals surface area contributed by atoms with Crippen molar-refractivity contribution in [3.8, 4) is 10.6 Å². The van der Waals surface area contributed by atoms with Crippen molar-refractivity contribution in [2.45, 2.75) is 12.8 Å². The van der Waals surface area contributed by atoms with Crippen molar-refractivity contribution in [3.63, 3.8) is 0 Å². The maximum absolute atomic E-state index is 4.66. The predicted molar refractivity (Wildman–Crippen MR) is 62.2 cm³/mol. The Balaban J connectivity index is 2.04. The molecular formula is C11H11N3S. The molecule has 0 aromatic carbocycles. The van der Waals surface area contributed by atoms with Crippen LogP contribution >= 0.6 is 11.3 Å². The highest BCUT2D eigenvalue weighted by Gasteiger charge is 2.11. The number of aryl methyl sites for hydroxylation is 1. The first kappa shape index (κ1) is 8.85. The second kappa shape index (κ2) is 3.62. The molecule has 0 atom stereocenters. The topological polar surface area (TPSA) is 37.8 Å². The van der Waals surface area contributed by atoms with Crippen LogP contribution in [0.5, 0.6) is 0 Å². The lowest BCUT2D eigenvalue weighted by Gasteiger charge is -2.17. The Morgan fingerprint density at radius 3 is 3.20 bits per heavy atom. The quantitative estimate of drug-likeness (QED) is 0.797. The fourth-order valence-electron chi connectivity index (χ4n) is 1.81. The molecular weight excluding hydrogens is 206 g/mol. The molecule has 15 heavy (non-hydrogen) atoms. The van der Waals surface area contributed by atoms with E-state index in [1.54, 1.807) is 11.3 Å². The van der Waals surface area contributed by atoms with E-state index in [1.165, 1.54) is 17.8 Å². The molecule has 0 amide bonds. The van der Waals surface area contributed by atoms with E-state index in [2.05, 4.69) is 27.4 Å². The normalized spacial score (nSPS) is 14.4. The number of hydrogen-bond acceptors (Lipinski definition) is 4. The summed E-state index contributed by atoms with van der Waals surface area (Å²) < 4.78 is 0. The van der Waals surface area contributed by atoms with Gasteiger partial charge in [-0.3, -0.25) is 4.98 Å². The zero-order chi connectivity index (χ0) is 10.1. The Morgan fingerprint density at radius 2 is 2.33 bits per heavy atom. The van der Waals surface area contributed by atoms with Crippen molar-refractivity contribution in [2.75, 3.05) is 11.9 Å². The lowest BCUT2D eigenvalue weighted by Crippen LogP contribution is -2.13. The second-order valence-electron chi connectivity index (χ2n) is 3.59. The van der Waals surface area contributed by atoms with Crippen LogP contribution in [-0.2, 0) is 6.42 Å². The molecule has 0 unspecified atom stereocenters. The average Bonchev–Trinajstić information content (AvgIpc) is 2.82. The molecule has 76 valence electrons. The Bertz CT molecular complexity index is 465. The van der Waals surface area contributed by atoms with Crippen LogP contribution in [0.4, 0.5) is 5.69 Å². The molecule has 0 radical (unpaired) electrons. The maximum Gasteiger partial charge on any atom is 0.0822 e. The van der Waals surface area contributed by atoms with E-state index in [0.717, 1.165) is 23.5 Å². The minimum atomic E-state index is 1.04. The van der Waals surface area contributed by atoms with Gasteiger partial charge in [-0.2, -0.15) is 0 Å². The second-order valence-corrected chi connectivity index (χ2v) is 4.47. The van der Waals surface area contributed by atoms with Crippen molar-refractivity contribution in [1.82, 2.24) is 9.97 Å². The molecule has 0 bridgehead atoms. The Labute approximate surface area is 92.2 Å². The number of nitrogens with zero attached hydrogens (tertiary/aromatic N) is 2. The van der Waals surface area contributed by atoms with Gasteiger partial charge in [0.15, 0.2) is 0 Å². The number of rotatable bonds is 1. The lowest BCUT2D eigenvalue weighted by atomic mass is 10.1. The number of fused-ring (bicyclic) bond motifs is 1. The van der Waals surface area contributed by atoms with E-state index in [9.17, 15) is 0 Å². The molecule has 0 fully saturated rings. The summed E-state index contributed by atoms with van der Waals surface area (Å²) >= 11 is 1.63. The summed E-state index contributed by atoms with van der Waals surface area (Å²) in [5.74, 6) is 0. The number of anilines is 1. The number of pyridine rings is 1. The van der Waals surface area contributed by atoms with Crippen LogP contribution < -0.4 is 5.32 Å². The summed E-state index contributed by atoms with van der Waals surface area (Å²) in [6.07, 6.45) is 4.12. The third-order valence-electron chi connectivity index (χ3n) is 2.56. The van der Waals surface area contributed by atoms with Gasteiger partial charge in [-0.15, -0.1) is 11.3 Å². The zero-order valence-corrected chi connectivity index (χ0v) is 9.05. The van der Waals surface area contributed by atoms with Gasteiger partial charge >= 0.3 is 0 Å². The zero-order valence-electron chi connectivity index (χ0n) is 8.23. The van der Waals surface area contributed by atoms with Crippen molar-refractivity contribution < 1.29 is 0 Å². The SMILES string of the molecule is c1ncc(-c2ccc3c(n2)CCCN3)s1. The van der Waals surface area contributed by atoms with Gasteiger partial charge in [0.2, 0.25) is 0 Å². The molecule has 3 nitrogen and oxygen atoms in total. The summed E-state index contributed by atoms with van der Waals surface area (Å²) in [6, 6.07) is 4.18. The van der Waals surface area contributed by atoms with E-state index in [1.807, 2.05) is 11.7 Å². The highest BCUT2D eigenvalue weighted by molar-refractivity contribution is 7.13. The Kier molecular flexibility index (Phi) is 2.14. The molecule has 2 aromatic heterocycles. The third-order valence-corrected chi connectivity index (χ3v) is 3.36. The highest BCUT2D eigenvalue weighted by atomic mass is 32.1. The molecule has 0 aliphatic carbocycles. The molecule has 2 aromatic rings. The first-order chi connectivity index (χ1) is 7.43. The third kappa shape index (κ3) is 1.61. The van der Waals surface area contributed by atoms with Crippen LogP contribution in [-0.4, -0.2) is 16.5 Å². The molecule has 0 saturated carbocycles. The van der Waals surface area contributed by atoms with Gasteiger partial charge in [-0.25, -0.2) is 4.98 Å². The van der Waals surface area contributed by atoms with Gasteiger partial charge in [0.25, 0.3) is 0 Å². The number of nitrogens with one attached hydrogen (secondary N) is 1. The monoisotopic (exact) mass is 217 g/mol. The van der Waals surface area contributed by atoms with E-state index in [0.29, 0.717) is 0 Å². The van der Waals surface area contributed by atoms with Gasteiger partial charge in [0.05, 0.1) is 27.5 Å². The fourth-order valence-corrected chi connectivity index (χ4v) is 2.40. The van der Waals surface area contributed by atoms with Crippen LogP contribution in [0.1, 0.15) is 12.1 Å². The number of thiazole rings is 1. The summed E-state index contributed by atoms with van der Waals surface area (Å²) in [5.41, 5.74) is 5.26. The van der Waals surface area contributed by atoms with Gasteiger partial charge in [0, 0.05) is 12.7 Å². The first-order valence-electron chi connectivity index (χ1n) is 5.06. The van der Waals surface area contributed by atoms with E-state index < -0.39 is 0 Å². The molecule has 3 heterocycles. The van der Waals surface area contributed by atoms with Crippen LogP contribution in [0.25, 0.3) is 10.6 Å². The van der Waals surface area contributed by atoms with Crippen LogP contribution in [0, 0.1) is 0 Å². The van der Waals surface area contributed by atoms with Crippen LogP contribution in [0.2, 0.25) is 0 Å². The van der Waals surface area contributed by atoms with Crippen molar-refractivity contribution in [2.24, 2.45) is 0 Å². The van der Waals surface area contributed by atoms with E-state index in [-0.39, 0.29) is 0 Å². The Morgan fingerprint density at radius 1 is 1.33 bits per heavy atom. The highest BCUT2D eigenvalue weighted by Crippen LogP contribution is 2.26. The van der Waals surface area contributed by atoms with Crippen LogP contribution in [0.15, 0.2) is 23.8 Å². The molecule has 1 aliphatic rings. The van der Waals surface area contributed by atoms with Gasteiger partial charge < -0.3 is 5.32 Å². The summed E-state index contributed by atoms with van der Waals surface area (Å²) in [4.78, 5) is 9.88. The van der Waals surface area contributed by atoms with E-state index >= 15 is 0 Å². The summed E-state index contributed by atoms with van der Waals surface area (Å²) in [6.45, 7) is 1.06. The molecule has 0 spiro atoms. The lowest BCUT2D eigenvalue weighted by molar-refractivity contribution is 0.803. The maximum atomic E-state index is 4.66.